The highest BCUT2D eigenvalue weighted by atomic mass is 16.6. The molecule has 0 aromatic carbocycles. The molecule has 0 aromatic rings. The molecule has 0 amide bonds. The Balaban J connectivity index is 2.41. The van der Waals surface area contributed by atoms with Crippen molar-refractivity contribution in [3.8, 4) is 0 Å². The number of rotatable bonds is 1. The zero-order chi connectivity index (χ0) is 5.98. The SMILES string of the molecule is [2H]OC1C=COC1[O-]. The maximum atomic E-state index is 10.4. The van der Waals surface area contributed by atoms with E-state index in [1.54, 1.807) is 0 Å². The summed E-state index contributed by atoms with van der Waals surface area (Å²) in [4.78, 5) is 0. The van der Waals surface area contributed by atoms with Gasteiger partial charge in [-0.15, -0.1) is 0 Å². The first kappa shape index (κ1) is 3.46. The van der Waals surface area contributed by atoms with Crippen molar-refractivity contribution in [1.29, 1.82) is 1.43 Å². The van der Waals surface area contributed by atoms with Crippen LogP contribution in [0.3, 0.4) is 0 Å². The van der Waals surface area contributed by atoms with Gasteiger partial charge >= 0.3 is 0 Å². The van der Waals surface area contributed by atoms with Crippen molar-refractivity contribution in [3.05, 3.63) is 12.3 Å². The minimum Gasteiger partial charge on any atom is -0.819 e. The smallest absolute Gasteiger partial charge is 0.211 e. The van der Waals surface area contributed by atoms with Gasteiger partial charge in [0.1, 0.15) is 0 Å². The van der Waals surface area contributed by atoms with Gasteiger partial charge in [-0.1, -0.05) is 0 Å². The monoisotopic (exact) mass is 102 g/mol. The fourth-order valence-corrected chi connectivity index (χ4v) is 0.368. The van der Waals surface area contributed by atoms with Crippen LogP contribution >= 0.6 is 0 Å². The van der Waals surface area contributed by atoms with E-state index in [-0.39, 0.29) is 0 Å². The quantitative estimate of drug-likeness (QED) is 0.442. The van der Waals surface area contributed by atoms with Crippen molar-refractivity contribution in [2.45, 2.75) is 12.4 Å². The maximum Gasteiger partial charge on any atom is 0.211 e. The van der Waals surface area contributed by atoms with Gasteiger partial charge in [0.2, 0.25) is 1.43 Å². The Morgan fingerprint density at radius 3 is 3.14 bits per heavy atom. The molecule has 7 heavy (non-hydrogen) atoms. The first-order chi connectivity index (χ1) is 3.84. The molecule has 2 atom stereocenters. The lowest BCUT2D eigenvalue weighted by Crippen LogP contribution is -2.34. The number of aliphatic hydroxyl groups excluding tert-OH is 1. The third kappa shape index (κ3) is 0.730. The third-order valence-corrected chi connectivity index (χ3v) is 0.749. The molecule has 40 valence electrons. The summed E-state index contributed by atoms with van der Waals surface area (Å²) in [6, 6.07) is 0. The molecule has 0 spiro atoms. The molecular formula is C4H5O3-. The molecule has 3 nitrogen and oxygen atoms in total. The highest BCUT2D eigenvalue weighted by Crippen LogP contribution is 2.02. The maximum absolute atomic E-state index is 10.4. The van der Waals surface area contributed by atoms with Crippen LogP contribution in [0.25, 0.3) is 0 Å². The zero-order valence-electron chi connectivity index (χ0n) is 4.53. The minimum atomic E-state index is -1.24. The van der Waals surface area contributed by atoms with Crippen molar-refractivity contribution in [3.63, 3.8) is 0 Å². The fourth-order valence-electron chi connectivity index (χ4n) is 0.368. The van der Waals surface area contributed by atoms with Crippen LogP contribution in [-0.4, -0.2) is 18.9 Å². The second kappa shape index (κ2) is 1.52. The van der Waals surface area contributed by atoms with Crippen molar-refractivity contribution in [2.75, 3.05) is 0 Å². The van der Waals surface area contributed by atoms with Crippen LogP contribution in [0.1, 0.15) is 0 Å². The standard InChI is InChI=1S/C4H5O3/c5-3-1-2-7-4(3)6/h1-5H/q-1/i5D. The number of aliphatic hydroxyl groups is 1. The molecule has 0 saturated carbocycles. The highest BCUT2D eigenvalue weighted by molar-refractivity contribution is 4.90. The van der Waals surface area contributed by atoms with Crippen LogP contribution < -0.4 is 5.11 Å². The molecule has 1 heterocycles. The molecule has 3 heteroatoms. The summed E-state index contributed by atoms with van der Waals surface area (Å²) >= 11 is 0. The summed E-state index contributed by atoms with van der Waals surface area (Å²) < 4.78 is 10.7. The Hall–Kier alpha value is -0.540. The Labute approximate surface area is 42.3 Å². The van der Waals surface area contributed by atoms with E-state index >= 15 is 0 Å². The number of ether oxygens (including phenoxy) is 1. The average Bonchev–Trinajstić information content (AvgIpc) is 2.14. The Bertz CT molecular complexity index is 103. The van der Waals surface area contributed by atoms with E-state index in [0.29, 0.717) is 0 Å². The van der Waals surface area contributed by atoms with Gasteiger partial charge in [-0.05, 0) is 6.08 Å². The molecular weight excluding hydrogens is 96.0 g/mol. The van der Waals surface area contributed by atoms with E-state index in [4.69, 9.17) is 1.43 Å². The summed E-state index contributed by atoms with van der Waals surface area (Å²) in [5.74, 6) is 0. The normalized spacial score (nSPS) is 40.4. The Morgan fingerprint density at radius 2 is 2.86 bits per heavy atom. The lowest BCUT2D eigenvalue weighted by Gasteiger charge is -2.17. The highest BCUT2D eigenvalue weighted by Gasteiger charge is 2.08. The first-order valence-corrected chi connectivity index (χ1v) is 1.94. The second-order valence-electron chi connectivity index (χ2n) is 1.30. The number of hydrogen-bond donors (Lipinski definition) is 1. The lowest BCUT2D eigenvalue weighted by molar-refractivity contribution is -0.490. The molecule has 0 radical (unpaired) electrons. The van der Waals surface area contributed by atoms with Crippen molar-refractivity contribution in [1.82, 2.24) is 0 Å². The van der Waals surface area contributed by atoms with Gasteiger partial charge in [0.15, 0.2) is 0 Å². The Kier molecular flexibility index (Phi) is 0.750. The van der Waals surface area contributed by atoms with Crippen LogP contribution in [0.15, 0.2) is 12.3 Å². The topological polar surface area (TPSA) is 52.5 Å². The predicted molar refractivity (Wildman–Crippen MR) is 20.0 cm³/mol. The molecule has 0 aliphatic carbocycles. The van der Waals surface area contributed by atoms with Crippen LogP contribution in [-0.2, 0) is 4.74 Å². The van der Waals surface area contributed by atoms with E-state index in [0.717, 1.165) is 0 Å². The summed E-state index contributed by atoms with van der Waals surface area (Å²) in [5, 5.41) is 14.3. The van der Waals surface area contributed by atoms with Crippen LogP contribution in [0.4, 0.5) is 0 Å². The average molecular weight is 102 g/mol. The summed E-state index contributed by atoms with van der Waals surface area (Å²) in [7, 11) is 0. The molecule has 1 rings (SSSR count). The van der Waals surface area contributed by atoms with E-state index in [1.165, 1.54) is 12.3 Å². The summed E-state index contributed by atoms with van der Waals surface area (Å²) in [6.45, 7) is 0. The number of hydrogen-bond acceptors (Lipinski definition) is 3. The van der Waals surface area contributed by atoms with Crippen molar-refractivity contribution < 1.29 is 15.0 Å². The van der Waals surface area contributed by atoms with E-state index in [2.05, 4.69) is 9.85 Å². The van der Waals surface area contributed by atoms with E-state index < -0.39 is 12.4 Å². The molecule has 1 aliphatic rings. The molecule has 1 aliphatic heterocycles. The third-order valence-electron chi connectivity index (χ3n) is 0.749. The fraction of sp³-hybridized carbons (Fsp3) is 0.500. The van der Waals surface area contributed by atoms with Crippen molar-refractivity contribution >= 4 is 0 Å². The largest absolute Gasteiger partial charge is 0.819 e. The van der Waals surface area contributed by atoms with Crippen LogP contribution in [0.2, 0.25) is 0 Å². The van der Waals surface area contributed by atoms with Gasteiger partial charge < -0.3 is 15.0 Å². The molecule has 0 saturated heterocycles. The molecule has 1 N–H and O–H groups in total. The zero-order valence-corrected chi connectivity index (χ0v) is 3.53. The first-order valence-electron chi connectivity index (χ1n) is 2.35. The molecule has 0 bridgehead atoms. The Morgan fingerprint density at radius 1 is 2.00 bits per heavy atom. The minimum absolute atomic E-state index is 0.727. The second-order valence-corrected chi connectivity index (χ2v) is 1.30. The summed E-state index contributed by atoms with van der Waals surface area (Å²) in [5.41, 5.74) is 0. The van der Waals surface area contributed by atoms with Gasteiger partial charge in [-0.25, -0.2) is 0 Å². The van der Waals surface area contributed by atoms with Crippen LogP contribution in [0, 0.1) is 0 Å². The van der Waals surface area contributed by atoms with Crippen LogP contribution in [0.5, 0.6) is 0 Å². The predicted octanol–water partition coefficient (Wildman–Crippen LogP) is -1.42. The summed E-state index contributed by atoms with van der Waals surface area (Å²) in [6.07, 6.45) is 0.684. The van der Waals surface area contributed by atoms with E-state index in [9.17, 15) is 5.11 Å². The van der Waals surface area contributed by atoms with Gasteiger partial charge in [-0.3, -0.25) is 0 Å². The molecule has 0 fully saturated rings. The van der Waals surface area contributed by atoms with E-state index in [1.807, 2.05) is 0 Å². The van der Waals surface area contributed by atoms with Gasteiger partial charge in [0.05, 0.1) is 18.7 Å². The molecule has 2 unspecified atom stereocenters. The van der Waals surface area contributed by atoms with Gasteiger partial charge in [0, 0.05) is 0 Å². The lowest BCUT2D eigenvalue weighted by atomic mass is 10.4. The molecule has 0 aromatic heterocycles. The van der Waals surface area contributed by atoms with Gasteiger partial charge in [0.25, 0.3) is 0 Å². The van der Waals surface area contributed by atoms with Gasteiger partial charge in [-0.2, -0.15) is 0 Å². The van der Waals surface area contributed by atoms with Crippen molar-refractivity contribution in [2.24, 2.45) is 0 Å².